The molecule has 1 aliphatic carbocycles. The Balaban J connectivity index is 2.50. The van der Waals surface area contributed by atoms with E-state index < -0.39 is 27.1 Å². The van der Waals surface area contributed by atoms with Crippen molar-refractivity contribution in [1.29, 1.82) is 0 Å². The van der Waals surface area contributed by atoms with Gasteiger partial charge in [-0.15, -0.1) is 4.36 Å². The zero-order valence-corrected chi connectivity index (χ0v) is 10.5. The Kier molecular flexibility index (Phi) is 3.29. The molecular formula is C11H11F3N2O2S. The summed E-state index contributed by atoms with van der Waals surface area (Å²) in [6.07, 6.45) is -4.11. The largest absolute Gasteiger partial charge is 0.474 e. The molecule has 104 valence electrons. The second-order valence-electron chi connectivity index (χ2n) is 4.23. The van der Waals surface area contributed by atoms with Gasteiger partial charge in [-0.1, -0.05) is 0 Å². The third-order valence-corrected chi connectivity index (χ3v) is 5.41. The van der Waals surface area contributed by atoms with Crippen molar-refractivity contribution < 1.29 is 22.2 Å². The monoisotopic (exact) mass is 292 g/mol. The molecule has 19 heavy (non-hydrogen) atoms. The second kappa shape index (κ2) is 4.52. The van der Waals surface area contributed by atoms with Crippen molar-refractivity contribution >= 4 is 21.3 Å². The average Bonchev–Trinajstić information content (AvgIpc) is 3.12. The van der Waals surface area contributed by atoms with Crippen molar-refractivity contribution in [3.8, 4) is 0 Å². The van der Waals surface area contributed by atoms with E-state index in [9.17, 15) is 22.2 Å². The van der Waals surface area contributed by atoms with E-state index in [2.05, 4.69) is 4.36 Å². The predicted octanol–water partition coefficient (Wildman–Crippen LogP) is 2.35. The fourth-order valence-corrected chi connectivity index (χ4v) is 3.84. The molecule has 0 saturated heterocycles. The molecule has 0 unspecified atom stereocenters. The van der Waals surface area contributed by atoms with Gasteiger partial charge in [-0.2, -0.15) is 13.2 Å². The Morgan fingerprint density at radius 1 is 1.26 bits per heavy atom. The van der Waals surface area contributed by atoms with Crippen molar-refractivity contribution in [2.45, 2.75) is 29.2 Å². The number of hydrogen-bond acceptors (Lipinski definition) is 3. The quantitative estimate of drug-likeness (QED) is 0.850. The smallest absolute Gasteiger partial charge is 0.399 e. The number of amides is 1. The van der Waals surface area contributed by atoms with E-state index in [1.807, 2.05) is 0 Å². The molecule has 1 amide bonds. The third-order valence-electron chi connectivity index (χ3n) is 2.66. The molecule has 2 rings (SSSR count). The van der Waals surface area contributed by atoms with Crippen LogP contribution in [0.3, 0.4) is 0 Å². The van der Waals surface area contributed by atoms with Gasteiger partial charge in [-0.25, -0.2) is 4.21 Å². The first-order valence-electron chi connectivity index (χ1n) is 5.46. The number of alkyl halides is 3. The molecule has 0 heterocycles. The van der Waals surface area contributed by atoms with Crippen LogP contribution in [0, 0.1) is 0 Å². The molecule has 1 saturated carbocycles. The van der Waals surface area contributed by atoms with Gasteiger partial charge < -0.3 is 5.73 Å². The van der Waals surface area contributed by atoms with Crippen LogP contribution in [0.1, 0.15) is 12.8 Å². The molecule has 1 fully saturated rings. The number of nitrogens with two attached hydrogens (primary N) is 1. The highest BCUT2D eigenvalue weighted by atomic mass is 32.2. The van der Waals surface area contributed by atoms with E-state index in [0.717, 1.165) is 0 Å². The second-order valence-corrected chi connectivity index (χ2v) is 6.69. The number of carbonyl (C=O) groups excluding carboxylic acids is 1. The molecule has 1 atom stereocenters. The van der Waals surface area contributed by atoms with Crippen LogP contribution in [-0.2, 0) is 14.5 Å². The first-order valence-corrected chi connectivity index (χ1v) is 7.04. The van der Waals surface area contributed by atoms with Crippen molar-refractivity contribution in [1.82, 2.24) is 0 Å². The van der Waals surface area contributed by atoms with E-state index in [1.54, 1.807) is 0 Å². The summed E-state index contributed by atoms with van der Waals surface area (Å²) in [5, 5.41) is -0.498. The lowest BCUT2D eigenvalue weighted by Crippen LogP contribution is -2.23. The summed E-state index contributed by atoms with van der Waals surface area (Å²) in [6, 6.07) is 5.54. The summed E-state index contributed by atoms with van der Waals surface area (Å²) >= 11 is 0. The molecule has 0 radical (unpaired) electrons. The Labute approximate surface area is 108 Å². The molecule has 8 heteroatoms. The maximum Gasteiger partial charge on any atom is 0.474 e. The highest BCUT2D eigenvalue weighted by Crippen LogP contribution is 2.36. The van der Waals surface area contributed by atoms with Crippen LogP contribution in [0.15, 0.2) is 33.5 Å². The summed E-state index contributed by atoms with van der Waals surface area (Å²) in [7, 11) is -3.37. The van der Waals surface area contributed by atoms with Gasteiger partial charge in [-0.05, 0) is 37.1 Å². The summed E-state index contributed by atoms with van der Waals surface area (Å²) in [5.41, 5.74) is 5.85. The molecular weight excluding hydrogens is 281 g/mol. The zero-order chi connectivity index (χ0) is 14.3. The Bertz CT molecular complexity index is 612. The van der Waals surface area contributed by atoms with E-state index >= 15 is 0 Å². The number of benzene rings is 1. The molecule has 1 aliphatic rings. The SMILES string of the molecule is Nc1ccc([S@@](=O)(=NC(=O)C(F)(F)F)C2CC2)cc1. The van der Waals surface area contributed by atoms with Crippen LogP contribution in [0.4, 0.5) is 18.9 Å². The summed E-state index contributed by atoms with van der Waals surface area (Å²) in [6.45, 7) is 0. The van der Waals surface area contributed by atoms with Crippen LogP contribution in [-0.4, -0.2) is 21.5 Å². The lowest BCUT2D eigenvalue weighted by atomic mass is 10.3. The number of hydrogen-bond donors (Lipinski definition) is 1. The molecule has 0 aromatic heterocycles. The minimum atomic E-state index is -5.11. The lowest BCUT2D eigenvalue weighted by molar-refractivity contribution is -0.169. The highest BCUT2D eigenvalue weighted by Gasteiger charge is 2.43. The molecule has 0 spiro atoms. The molecule has 1 aromatic rings. The summed E-state index contributed by atoms with van der Waals surface area (Å²) in [4.78, 5) is 11.1. The van der Waals surface area contributed by atoms with Crippen molar-refractivity contribution in [3.05, 3.63) is 24.3 Å². The fourth-order valence-electron chi connectivity index (χ4n) is 1.54. The predicted molar refractivity (Wildman–Crippen MR) is 63.8 cm³/mol. The van der Waals surface area contributed by atoms with Crippen molar-refractivity contribution in [3.63, 3.8) is 0 Å². The van der Waals surface area contributed by atoms with Crippen LogP contribution in [0.5, 0.6) is 0 Å². The molecule has 2 N–H and O–H groups in total. The number of nitrogens with zero attached hydrogens (tertiary/aromatic N) is 1. The standard InChI is InChI=1S/C11H11F3N2O2S/c12-11(13,14)10(17)16-19(18,9-5-6-9)8-3-1-7(15)2-4-8/h1-4,9H,5-6,15H2/t19-/m0/s1. The van der Waals surface area contributed by atoms with Gasteiger partial charge in [0.25, 0.3) is 0 Å². The third kappa shape index (κ3) is 2.89. The Hall–Kier alpha value is -1.57. The van der Waals surface area contributed by atoms with Crippen molar-refractivity contribution in [2.75, 3.05) is 5.73 Å². The highest BCUT2D eigenvalue weighted by molar-refractivity contribution is 7.94. The Morgan fingerprint density at radius 2 is 1.79 bits per heavy atom. The van der Waals surface area contributed by atoms with Crippen LogP contribution >= 0.6 is 0 Å². The van der Waals surface area contributed by atoms with Crippen molar-refractivity contribution in [2.24, 2.45) is 4.36 Å². The average molecular weight is 292 g/mol. The number of anilines is 1. The van der Waals surface area contributed by atoms with Gasteiger partial charge in [0, 0.05) is 15.8 Å². The van der Waals surface area contributed by atoms with E-state index in [0.29, 0.717) is 18.5 Å². The Morgan fingerprint density at radius 3 is 2.21 bits per heavy atom. The van der Waals surface area contributed by atoms with E-state index in [-0.39, 0.29) is 4.90 Å². The minimum absolute atomic E-state index is 0.113. The van der Waals surface area contributed by atoms with Gasteiger partial charge in [0.15, 0.2) is 0 Å². The minimum Gasteiger partial charge on any atom is -0.399 e. The molecule has 1 aromatic carbocycles. The normalized spacial score (nSPS) is 18.7. The van der Waals surface area contributed by atoms with Gasteiger partial charge in [0.1, 0.15) is 0 Å². The number of rotatable bonds is 2. The van der Waals surface area contributed by atoms with Gasteiger partial charge in [-0.3, -0.25) is 4.79 Å². The fraction of sp³-hybridized carbons (Fsp3) is 0.364. The van der Waals surface area contributed by atoms with Crippen LogP contribution in [0.25, 0.3) is 0 Å². The lowest BCUT2D eigenvalue weighted by Gasteiger charge is -2.10. The number of carbonyl (C=O) groups is 1. The molecule has 0 bridgehead atoms. The maximum absolute atomic E-state index is 12.6. The first kappa shape index (κ1) is 13.9. The van der Waals surface area contributed by atoms with E-state index in [1.165, 1.54) is 24.3 Å². The molecule has 4 nitrogen and oxygen atoms in total. The summed E-state index contributed by atoms with van der Waals surface area (Å²) in [5.74, 6) is -2.30. The topological polar surface area (TPSA) is 72.5 Å². The number of nitrogen functional groups attached to an aromatic ring is 1. The number of halogens is 3. The molecule has 0 aliphatic heterocycles. The summed E-state index contributed by atoms with van der Waals surface area (Å²) < 4.78 is 52.3. The maximum atomic E-state index is 12.6. The van der Waals surface area contributed by atoms with Crippen LogP contribution < -0.4 is 5.73 Å². The van der Waals surface area contributed by atoms with Crippen LogP contribution in [0.2, 0.25) is 0 Å². The van der Waals surface area contributed by atoms with Gasteiger partial charge >= 0.3 is 12.1 Å². The van der Waals surface area contributed by atoms with Gasteiger partial charge in [0.05, 0.1) is 9.73 Å². The van der Waals surface area contributed by atoms with E-state index in [4.69, 9.17) is 5.73 Å². The first-order chi connectivity index (χ1) is 8.73. The zero-order valence-electron chi connectivity index (χ0n) is 9.68. The van der Waals surface area contributed by atoms with Gasteiger partial charge in [0.2, 0.25) is 0 Å².